The Morgan fingerprint density at radius 2 is 1.86 bits per heavy atom. The summed E-state index contributed by atoms with van der Waals surface area (Å²) in [6, 6.07) is 9.88. The van der Waals surface area contributed by atoms with Crippen LogP contribution in [0.4, 0.5) is 8.78 Å². The Labute approximate surface area is 121 Å². The van der Waals surface area contributed by atoms with Crippen molar-refractivity contribution in [3.63, 3.8) is 0 Å². The van der Waals surface area contributed by atoms with Crippen molar-refractivity contribution < 1.29 is 18.3 Å². The predicted octanol–water partition coefficient (Wildman–Crippen LogP) is 4.26. The standard InChI is InChI=1S/C17H14F2O2/c1-2-21-15-8-4-13(5-9-15)17(20)10-6-12-3-7-14(18)11-16(12)19/h3-11H,2H2,1H3/b10-6+. The monoisotopic (exact) mass is 288 g/mol. The summed E-state index contributed by atoms with van der Waals surface area (Å²) in [4.78, 5) is 11.9. The van der Waals surface area contributed by atoms with Gasteiger partial charge in [0, 0.05) is 17.2 Å². The lowest BCUT2D eigenvalue weighted by molar-refractivity contribution is 0.104. The SMILES string of the molecule is CCOc1ccc(C(=O)/C=C/c2ccc(F)cc2F)cc1. The van der Waals surface area contributed by atoms with E-state index in [2.05, 4.69) is 0 Å². The third-order valence-electron chi connectivity index (χ3n) is 2.83. The van der Waals surface area contributed by atoms with E-state index in [1.54, 1.807) is 24.3 Å². The third kappa shape index (κ3) is 3.99. The second-order valence-electron chi connectivity index (χ2n) is 4.32. The molecule has 0 aromatic heterocycles. The van der Waals surface area contributed by atoms with E-state index in [1.807, 2.05) is 6.92 Å². The molecule has 108 valence electrons. The molecule has 4 heteroatoms. The van der Waals surface area contributed by atoms with Crippen molar-refractivity contribution >= 4 is 11.9 Å². The smallest absolute Gasteiger partial charge is 0.185 e. The van der Waals surface area contributed by atoms with Crippen LogP contribution in [-0.4, -0.2) is 12.4 Å². The summed E-state index contributed by atoms with van der Waals surface area (Å²) in [6.45, 7) is 2.43. The first-order valence-electron chi connectivity index (χ1n) is 6.50. The molecule has 0 unspecified atom stereocenters. The first-order chi connectivity index (χ1) is 10.1. The van der Waals surface area contributed by atoms with Crippen LogP contribution in [0.5, 0.6) is 5.75 Å². The van der Waals surface area contributed by atoms with E-state index < -0.39 is 11.6 Å². The highest BCUT2D eigenvalue weighted by Gasteiger charge is 2.04. The molecule has 0 aliphatic heterocycles. The van der Waals surface area contributed by atoms with E-state index in [0.29, 0.717) is 17.9 Å². The Kier molecular flexibility index (Phi) is 4.82. The zero-order chi connectivity index (χ0) is 15.2. The fraction of sp³-hybridized carbons (Fsp3) is 0.118. The number of ether oxygens (including phenoxy) is 1. The Morgan fingerprint density at radius 3 is 2.48 bits per heavy atom. The average Bonchev–Trinajstić information content (AvgIpc) is 2.47. The van der Waals surface area contributed by atoms with Crippen LogP contribution in [0.25, 0.3) is 6.08 Å². The highest BCUT2D eigenvalue weighted by Crippen LogP contribution is 2.15. The van der Waals surface area contributed by atoms with E-state index in [1.165, 1.54) is 18.2 Å². The number of hydrogen-bond donors (Lipinski definition) is 0. The zero-order valence-corrected chi connectivity index (χ0v) is 11.5. The quantitative estimate of drug-likeness (QED) is 0.607. The van der Waals surface area contributed by atoms with Crippen LogP contribution >= 0.6 is 0 Å². The minimum absolute atomic E-state index is 0.163. The van der Waals surface area contributed by atoms with Crippen molar-refractivity contribution in [2.45, 2.75) is 6.92 Å². The minimum atomic E-state index is -0.703. The van der Waals surface area contributed by atoms with Crippen molar-refractivity contribution in [2.75, 3.05) is 6.61 Å². The summed E-state index contributed by atoms with van der Waals surface area (Å²) >= 11 is 0. The molecule has 0 fully saturated rings. The molecule has 0 saturated heterocycles. The Balaban J connectivity index is 2.11. The Bertz CT molecular complexity index is 661. The van der Waals surface area contributed by atoms with Gasteiger partial charge in [-0.25, -0.2) is 8.78 Å². The van der Waals surface area contributed by atoms with Gasteiger partial charge in [0.15, 0.2) is 5.78 Å². The summed E-state index contributed by atoms with van der Waals surface area (Å²) in [5.41, 5.74) is 0.632. The van der Waals surface area contributed by atoms with E-state index in [-0.39, 0.29) is 11.3 Å². The maximum absolute atomic E-state index is 13.4. The predicted molar refractivity (Wildman–Crippen MR) is 77.3 cm³/mol. The molecule has 2 aromatic carbocycles. The van der Waals surface area contributed by atoms with Crippen LogP contribution in [0.3, 0.4) is 0 Å². The molecule has 2 rings (SSSR count). The molecule has 0 bridgehead atoms. The van der Waals surface area contributed by atoms with E-state index in [4.69, 9.17) is 4.74 Å². The Hall–Kier alpha value is -2.49. The number of halogens is 2. The van der Waals surface area contributed by atoms with Gasteiger partial charge in [0.25, 0.3) is 0 Å². The van der Waals surface area contributed by atoms with Gasteiger partial charge in [-0.1, -0.05) is 0 Å². The summed E-state index contributed by atoms with van der Waals surface area (Å²) in [5, 5.41) is 0. The van der Waals surface area contributed by atoms with Gasteiger partial charge in [0.05, 0.1) is 6.61 Å². The van der Waals surface area contributed by atoms with Crippen LogP contribution in [-0.2, 0) is 0 Å². The lowest BCUT2D eigenvalue weighted by atomic mass is 10.1. The molecule has 0 heterocycles. The molecule has 0 spiro atoms. The molecule has 0 aliphatic rings. The van der Waals surface area contributed by atoms with E-state index in [0.717, 1.165) is 12.1 Å². The number of allylic oxidation sites excluding steroid dienone is 1. The molecule has 2 nitrogen and oxygen atoms in total. The molecule has 0 N–H and O–H groups in total. The number of carbonyl (C=O) groups is 1. The largest absolute Gasteiger partial charge is 0.494 e. The summed E-state index contributed by atoms with van der Waals surface area (Å²) < 4.78 is 31.5. The molecular weight excluding hydrogens is 274 g/mol. The van der Waals surface area contributed by atoms with Crippen molar-refractivity contribution in [2.24, 2.45) is 0 Å². The fourth-order valence-corrected chi connectivity index (χ4v) is 1.78. The summed E-state index contributed by atoms with van der Waals surface area (Å²) in [5.74, 6) is -0.933. The van der Waals surface area contributed by atoms with Gasteiger partial charge < -0.3 is 4.74 Å². The van der Waals surface area contributed by atoms with E-state index in [9.17, 15) is 13.6 Å². The topological polar surface area (TPSA) is 26.3 Å². The van der Waals surface area contributed by atoms with Gasteiger partial charge in [0.1, 0.15) is 17.4 Å². The van der Waals surface area contributed by atoms with Gasteiger partial charge in [-0.3, -0.25) is 4.79 Å². The maximum Gasteiger partial charge on any atom is 0.185 e. The molecule has 0 aliphatic carbocycles. The zero-order valence-electron chi connectivity index (χ0n) is 11.5. The first kappa shape index (κ1) is 14.9. The molecular formula is C17H14F2O2. The van der Waals surface area contributed by atoms with Crippen LogP contribution < -0.4 is 4.74 Å². The molecule has 0 atom stereocenters. The highest BCUT2D eigenvalue weighted by atomic mass is 19.1. The lowest BCUT2D eigenvalue weighted by Crippen LogP contribution is -1.96. The van der Waals surface area contributed by atoms with Crippen molar-refractivity contribution in [1.29, 1.82) is 0 Å². The van der Waals surface area contributed by atoms with Gasteiger partial charge in [-0.05, 0) is 55.5 Å². The second-order valence-corrected chi connectivity index (χ2v) is 4.32. The molecule has 2 aromatic rings. The summed E-state index contributed by atoms with van der Waals surface area (Å²) in [6.07, 6.45) is 2.58. The maximum atomic E-state index is 13.4. The Morgan fingerprint density at radius 1 is 1.14 bits per heavy atom. The second kappa shape index (κ2) is 6.79. The number of carbonyl (C=O) groups excluding carboxylic acids is 1. The normalized spacial score (nSPS) is 10.8. The lowest BCUT2D eigenvalue weighted by Gasteiger charge is -2.03. The van der Waals surface area contributed by atoms with Gasteiger partial charge in [-0.15, -0.1) is 0 Å². The van der Waals surface area contributed by atoms with Crippen LogP contribution in [0.15, 0.2) is 48.5 Å². The highest BCUT2D eigenvalue weighted by molar-refractivity contribution is 6.06. The van der Waals surface area contributed by atoms with E-state index >= 15 is 0 Å². The van der Waals surface area contributed by atoms with Gasteiger partial charge in [0.2, 0.25) is 0 Å². The van der Waals surface area contributed by atoms with Gasteiger partial charge >= 0.3 is 0 Å². The van der Waals surface area contributed by atoms with Crippen molar-refractivity contribution in [3.8, 4) is 5.75 Å². The van der Waals surface area contributed by atoms with Gasteiger partial charge in [-0.2, -0.15) is 0 Å². The number of rotatable bonds is 5. The number of hydrogen-bond acceptors (Lipinski definition) is 2. The van der Waals surface area contributed by atoms with Crippen molar-refractivity contribution in [1.82, 2.24) is 0 Å². The average molecular weight is 288 g/mol. The number of ketones is 1. The summed E-state index contributed by atoms with van der Waals surface area (Å²) in [7, 11) is 0. The van der Waals surface area contributed by atoms with Crippen LogP contribution in [0.1, 0.15) is 22.8 Å². The number of benzene rings is 2. The van der Waals surface area contributed by atoms with Crippen LogP contribution in [0, 0.1) is 11.6 Å². The molecule has 0 amide bonds. The first-order valence-corrected chi connectivity index (χ1v) is 6.50. The fourth-order valence-electron chi connectivity index (χ4n) is 1.78. The van der Waals surface area contributed by atoms with Crippen LogP contribution in [0.2, 0.25) is 0 Å². The molecule has 21 heavy (non-hydrogen) atoms. The molecule has 0 saturated carbocycles. The third-order valence-corrected chi connectivity index (χ3v) is 2.83. The molecule has 0 radical (unpaired) electrons. The van der Waals surface area contributed by atoms with Crippen molar-refractivity contribution in [3.05, 3.63) is 71.3 Å². The minimum Gasteiger partial charge on any atom is -0.494 e.